The number of nitrogens with zero attached hydrogens (tertiary/aromatic N) is 2. The Morgan fingerprint density at radius 1 is 0.929 bits per heavy atom. The molecule has 0 rings (SSSR count). The largest absolute Gasteiger partial charge is 0.337 e. The van der Waals surface area contributed by atoms with Crippen LogP contribution in [-0.4, -0.2) is 11.9 Å². The lowest BCUT2D eigenvalue weighted by Crippen LogP contribution is -2.00. The van der Waals surface area contributed by atoms with E-state index in [1.165, 1.54) is 0 Å². The van der Waals surface area contributed by atoms with Gasteiger partial charge in [-0.3, -0.25) is 9.68 Å². The van der Waals surface area contributed by atoms with E-state index in [9.17, 15) is 9.59 Å². The average Bonchev–Trinajstić information content (AvgIpc) is 2.13. The fourth-order valence-corrected chi connectivity index (χ4v) is 0.624. The Labute approximate surface area is 82.2 Å². The summed E-state index contributed by atoms with van der Waals surface area (Å²) in [7, 11) is 0. The summed E-state index contributed by atoms with van der Waals surface area (Å²) in [5.74, 6) is -0.995. The first-order valence-corrected chi connectivity index (χ1v) is 4.50. The van der Waals surface area contributed by atoms with E-state index in [0.717, 1.165) is 0 Å². The van der Waals surface area contributed by atoms with E-state index >= 15 is 0 Å². The van der Waals surface area contributed by atoms with Crippen LogP contribution in [-0.2, 0) is 19.3 Å². The van der Waals surface area contributed by atoms with Gasteiger partial charge in [0.25, 0.3) is 0 Å². The van der Waals surface area contributed by atoms with Gasteiger partial charge in [0, 0.05) is 12.8 Å². The molecule has 0 unspecified atom stereocenters. The molecule has 0 spiro atoms. The molecule has 0 bridgehead atoms. The zero-order valence-corrected chi connectivity index (χ0v) is 8.36. The Bertz CT molecular complexity index is 193. The molecule has 0 aliphatic heterocycles. The molecule has 0 aromatic heterocycles. The van der Waals surface area contributed by atoms with Gasteiger partial charge in [-0.1, -0.05) is 13.8 Å². The maximum Gasteiger partial charge on any atom is 0.337 e. The Balaban J connectivity index is 3.53. The van der Waals surface area contributed by atoms with Crippen LogP contribution < -0.4 is 0 Å². The lowest BCUT2D eigenvalue weighted by Gasteiger charge is -1.93. The van der Waals surface area contributed by atoms with E-state index in [4.69, 9.17) is 0 Å². The van der Waals surface area contributed by atoms with Crippen molar-refractivity contribution >= 4 is 11.9 Å². The third kappa shape index (κ3) is 7.20. The van der Waals surface area contributed by atoms with Gasteiger partial charge in [0.1, 0.15) is 0 Å². The highest BCUT2D eigenvalue weighted by Gasteiger charge is 2.01. The standard InChI is InChI=1S/C8H14N2O4/c1-3-5-7(11)13-9-10-14-8(12)6-4-2/h3-6H2,1-2H3. The maximum atomic E-state index is 10.7. The monoisotopic (exact) mass is 202 g/mol. The van der Waals surface area contributed by atoms with Gasteiger partial charge in [-0.25, -0.2) is 9.59 Å². The molecule has 0 heterocycles. The summed E-state index contributed by atoms with van der Waals surface area (Å²) in [5, 5.41) is 5.89. The van der Waals surface area contributed by atoms with Gasteiger partial charge in [-0.15, -0.1) is 0 Å². The number of rotatable bonds is 6. The minimum absolute atomic E-state index is 0.266. The molecule has 14 heavy (non-hydrogen) atoms. The van der Waals surface area contributed by atoms with E-state index in [0.29, 0.717) is 12.8 Å². The minimum atomic E-state index is -0.497. The Morgan fingerprint density at radius 2 is 1.29 bits per heavy atom. The third-order valence-corrected chi connectivity index (χ3v) is 1.23. The first-order chi connectivity index (χ1) is 6.70. The van der Waals surface area contributed by atoms with Crippen LogP contribution in [0.2, 0.25) is 0 Å². The molecule has 0 aromatic rings. The fraction of sp³-hybridized carbons (Fsp3) is 0.750. The van der Waals surface area contributed by atoms with Crippen LogP contribution in [0, 0.1) is 0 Å². The molecule has 80 valence electrons. The summed E-state index contributed by atoms with van der Waals surface area (Å²) in [6.45, 7) is 3.67. The number of hydrogen-bond acceptors (Lipinski definition) is 6. The molecular weight excluding hydrogens is 188 g/mol. The average molecular weight is 202 g/mol. The molecule has 0 fully saturated rings. The van der Waals surface area contributed by atoms with Crippen molar-refractivity contribution in [3.63, 3.8) is 0 Å². The van der Waals surface area contributed by atoms with Gasteiger partial charge in [0.2, 0.25) is 0 Å². The van der Waals surface area contributed by atoms with Crippen LogP contribution in [0.1, 0.15) is 39.5 Å². The van der Waals surface area contributed by atoms with E-state index in [1.54, 1.807) is 0 Å². The number of carbonyl (C=O) groups excluding carboxylic acids is 2. The van der Waals surface area contributed by atoms with Crippen LogP contribution >= 0.6 is 0 Å². The molecular formula is C8H14N2O4. The highest BCUT2D eigenvalue weighted by molar-refractivity contribution is 5.69. The molecule has 0 saturated heterocycles. The first kappa shape index (κ1) is 12.5. The summed E-state index contributed by atoms with van der Waals surface area (Å²) in [6.07, 6.45) is 1.87. The maximum absolute atomic E-state index is 10.7. The molecule has 0 N–H and O–H groups in total. The van der Waals surface area contributed by atoms with Gasteiger partial charge >= 0.3 is 11.9 Å². The van der Waals surface area contributed by atoms with Gasteiger partial charge < -0.3 is 0 Å². The second kappa shape index (κ2) is 8.15. The second-order valence-corrected chi connectivity index (χ2v) is 2.59. The highest BCUT2D eigenvalue weighted by Crippen LogP contribution is 1.95. The number of hydrogen-bond donors (Lipinski definition) is 0. The summed E-state index contributed by atoms with van der Waals surface area (Å²) in [5.41, 5.74) is 0. The zero-order valence-electron chi connectivity index (χ0n) is 8.36. The van der Waals surface area contributed by atoms with Crippen LogP contribution in [0.3, 0.4) is 0 Å². The van der Waals surface area contributed by atoms with Crippen LogP contribution in [0.25, 0.3) is 0 Å². The molecule has 6 nitrogen and oxygen atoms in total. The van der Waals surface area contributed by atoms with E-state index < -0.39 is 11.9 Å². The molecule has 0 radical (unpaired) electrons. The Kier molecular flexibility index (Phi) is 7.30. The Morgan fingerprint density at radius 3 is 1.57 bits per heavy atom. The summed E-state index contributed by atoms with van der Waals surface area (Å²) < 4.78 is 0. The molecule has 6 heteroatoms. The van der Waals surface area contributed by atoms with Crippen molar-refractivity contribution in [2.75, 3.05) is 0 Å². The molecule has 0 amide bonds. The lowest BCUT2D eigenvalue weighted by molar-refractivity contribution is -0.153. The van der Waals surface area contributed by atoms with Crippen molar-refractivity contribution in [3.8, 4) is 0 Å². The molecule has 0 saturated carbocycles. The second-order valence-electron chi connectivity index (χ2n) is 2.59. The predicted molar refractivity (Wildman–Crippen MR) is 46.9 cm³/mol. The van der Waals surface area contributed by atoms with Gasteiger partial charge in [0.15, 0.2) is 0 Å². The number of carbonyl (C=O) groups is 2. The lowest BCUT2D eigenvalue weighted by atomic mass is 10.3. The van der Waals surface area contributed by atoms with Crippen LogP contribution in [0.5, 0.6) is 0 Å². The normalized spacial score (nSPS) is 10.1. The van der Waals surface area contributed by atoms with Crippen molar-refractivity contribution < 1.29 is 19.3 Å². The Hall–Kier alpha value is -1.46. The van der Waals surface area contributed by atoms with E-state index in [1.807, 2.05) is 13.8 Å². The predicted octanol–water partition coefficient (Wildman–Crippen LogP) is 1.96. The molecule has 0 atom stereocenters. The van der Waals surface area contributed by atoms with E-state index in [-0.39, 0.29) is 12.8 Å². The van der Waals surface area contributed by atoms with Crippen molar-refractivity contribution in [1.29, 1.82) is 0 Å². The van der Waals surface area contributed by atoms with Gasteiger partial charge in [-0.05, 0) is 12.8 Å². The van der Waals surface area contributed by atoms with Gasteiger partial charge in [0.05, 0.1) is 10.6 Å². The first-order valence-electron chi connectivity index (χ1n) is 4.50. The quantitative estimate of drug-likeness (QED) is 0.487. The summed E-state index contributed by atoms with van der Waals surface area (Å²) in [6, 6.07) is 0. The minimum Gasteiger partial charge on any atom is -0.298 e. The summed E-state index contributed by atoms with van der Waals surface area (Å²) >= 11 is 0. The van der Waals surface area contributed by atoms with Crippen LogP contribution in [0.4, 0.5) is 0 Å². The topological polar surface area (TPSA) is 77.3 Å². The molecule has 0 aliphatic carbocycles. The van der Waals surface area contributed by atoms with Crippen molar-refractivity contribution in [2.45, 2.75) is 39.5 Å². The smallest absolute Gasteiger partial charge is 0.298 e. The summed E-state index contributed by atoms with van der Waals surface area (Å²) in [4.78, 5) is 29.9. The van der Waals surface area contributed by atoms with E-state index in [2.05, 4.69) is 20.2 Å². The molecule has 0 aromatic carbocycles. The SMILES string of the molecule is CCCC(=O)ON=NOC(=O)CCC. The van der Waals surface area contributed by atoms with Crippen LogP contribution in [0.15, 0.2) is 10.6 Å². The third-order valence-electron chi connectivity index (χ3n) is 1.23. The highest BCUT2D eigenvalue weighted by atomic mass is 16.8. The zero-order chi connectivity index (χ0) is 10.8. The van der Waals surface area contributed by atoms with Crippen molar-refractivity contribution in [3.05, 3.63) is 0 Å². The molecule has 0 aliphatic rings. The fourth-order valence-electron chi connectivity index (χ4n) is 0.624. The van der Waals surface area contributed by atoms with Crippen molar-refractivity contribution in [2.24, 2.45) is 10.6 Å². The van der Waals surface area contributed by atoms with Crippen molar-refractivity contribution in [1.82, 2.24) is 0 Å². The van der Waals surface area contributed by atoms with Gasteiger partial charge in [-0.2, -0.15) is 0 Å².